The molecule has 0 spiro atoms. The van der Waals surface area contributed by atoms with Gasteiger partial charge in [-0.05, 0) is 24.9 Å². The van der Waals surface area contributed by atoms with Crippen LogP contribution in [0.3, 0.4) is 0 Å². The van der Waals surface area contributed by atoms with Gasteiger partial charge in [0.15, 0.2) is 0 Å². The molecule has 1 aromatic rings. The average molecular weight is 248 g/mol. The van der Waals surface area contributed by atoms with Gasteiger partial charge in [-0.3, -0.25) is 4.79 Å². The molecule has 0 saturated carbocycles. The Morgan fingerprint density at radius 1 is 1.33 bits per heavy atom. The summed E-state index contributed by atoms with van der Waals surface area (Å²) in [4.78, 5) is 10.8. The minimum absolute atomic E-state index is 0.200. The molecule has 0 atom stereocenters. The molecular weight excluding hydrogens is 228 g/mol. The zero-order valence-electron chi connectivity index (χ0n) is 10.5. The Bertz CT molecular complexity index is 388. The molecule has 0 amide bonds. The van der Waals surface area contributed by atoms with E-state index >= 15 is 0 Å². The first-order valence-corrected chi connectivity index (χ1v) is 6.42. The maximum Gasteiger partial charge on any atom is 0.305 e. The first kappa shape index (κ1) is 13.1. The van der Waals surface area contributed by atoms with Crippen molar-refractivity contribution in [1.29, 1.82) is 0 Å². The zero-order valence-corrected chi connectivity index (χ0v) is 10.5. The Kier molecular flexibility index (Phi) is 4.33. The van der Waals surface area contributed by atoms with Crippen molar-refractivity contribution in [1.82, 2.24) is 10.6 Å². The van der Waals surface area contributed by atoms with Crippen molar-refractivity contribution in [2.24, 2.45) is 0 Å². The molecule has 3 N–H and O–H groups in total. The SMILES string of the molecule is O=C(O)CC1(NCCCc2ccccc2)CNC1. The number of aliphatic carboxylic acids is 1. The second-order valence-corrected chi connectivity index (χ2v) is 4.97. The number of carbonyl (C=O) groups is 1. The molecule has 18 heavy (non-hydrogen) atoms. The summed E-state index contributed by atoms with van der Waals surface area (Å²) >= 11 is 0. The monoisotopic (exact) mass is 248 g/mol. The highest BCUT2D eigenvalue weighted by atomic mass is 16.4. The summed E-state index contributed by atoms with van der Waals surface area (Å²) < 4.78 is 0. The maximum atomic E-state index is 10.8. The number of rotatable bonds is 7. The van der Waals surface area contributed by atoms with Crippen molar-refractivity contribution < 1.29 is 9.90 Å². The highest BCUT2D eigenvalue weighted by Gasteiger charge is 2.38. The molecule has 0 aromatic heterocycles. The molecule has 4 heteroatoms. The fourth-order valence-corrected chi connectivity index (χ4v) is 2.32. The van der Waals surface area contributed by atoms with E-state index in [4.69, 9.17) is 5.11 Å². The first-order chi connectivity index (χ1) is 8.70. The molecule has 1 heterocycles. The minimum atomic E-state index is -0.730. The van der Waals surface area contributed by atoms with Crippen molar-refractivity contribution in [3.05, 3.63) is 35.9 Å². The molecule has 4 nitrogen and oxygen atoms in total. The molecule has 98 valence electrons. The summed E-state index contributed by atoms with van der Waals surface area (Å²) in [5.41, 5.74) is 1.11. The quantitative estimate of drug-likeness (QED) is 0.631. The number of benzene rings is 1. The number of aryl methyl sites for hydroxylation is 1. The standard InChI is InChI=1S/C14H20N2O2/c17-13(18)9-14(10-15-11-14)16-8-4-7-12-5-2-1-3-6-12/h1-3,5-6,15-16H,4,7-11H2,(H,17,18). The van der Waals surface area contributed by atoms with Gasteiger partial charge in [0.2, 0.25) is 0 Å². The number of carboxylic acid groups (broad SMARTS) is 1. The van der Waals surface area contributed by atoms with E-state index in [2.05, 4.69) is 22.8 Å². The van der Waals surface area contributed by atoms with E-state index in [-0.39, 0.29) is 12.0 Å². The summed E-state index contributed by atoms with van der Waals surface area (Å²) in [6, 6.07) is 10.4. The van der Waals surface area contributed by atoms with Gasteiger partial charge < -0.3 is 15.7 Å². The van der Waals surface area contributed by atoms with E-state index in [0.29, 0.717) is 0 Å². The third-order valence-electron chi connectivity index (χ3n) is 3.40. The summed E-state index contributed by atoms with van der Waals surface area (Å²) in [7, 11) is 0. The van der Waals surface area contributed by atoms with E-state index in [1.54, 1.807) is 0 Å². The lowest BCUT2D eigenvalue weighted by molar-refractivity contribution is -0.139. The van der Waals surface area contributed by atoms with Gasteiger partial charge in [0.05, 0.1) is 12.0 Å². The fourth-order valence-electron chi connectivity index (χ4n) is 2.32. The largest absolute Gasteiger partial charge is 0.481 e. The average Bonchev–Trinajstić information content (AvgIpc) is 2.32. The van der Waals surface area contributed by atoms with Crippen LogP contribution in [0.25, 0.3) is 0 Å². The molecule has 0 unspecified atom stereocenters. The number of nitrogens with one attached hydrogen (secondary N) is 2. The second kappa shape index (κ2) is 5.98. The first-order valence-electron chi connectivity index (χ1n) is 6.42. The van der Waals surface area contributed by atoms with Gasteiger partial charge >= 0.3 is 5.97 Å². The highest BCUT2D eigenvalue weighted by Crippen LogP contribution is 2.16. The van der Waals surface area contributed by atoms with E-state index < -0.39 is 5.97 Å². The third kappa shape index (κ3) is 3.55. The van der Waals surface area contributed by atoms with Crippen LogP contribution >= 0.6 is 0 Å². The lowest BCUT2D eigenvalue weighted by atomic mass is 9.88. The smallest absolute Gasteiger partial charge is 0.305 e. The fraction of sp³-hybridized carbons (Fsp3) is 0.500. The molecule has 1 saturated heterocycles. The Hall–Kier alpha value is -1.39. The Morgan fingerprint density at radius 3 is 2.61 bits per heavy atom. The van der Waals surface area contributed by atoms with E-state index in [0.717, 1.165) is 32.5 Å². The van der Waals surface area contributed by atoms with Gasteiger partial charge in [-0.15, -0.1) is 0 Å². The molecule has 0 radical (unpaired) electrons. The topological polar surface area (TPSA) is 61.4 Å². The summed E-state index contributed by atoms with van der Waals surface area (Å²) in [6.45, 7) is 2.37. The zero-order chi connectivity index (χ0) is 12.8. The molecule has 1 aromatic carbocycles. The number of hydrogen-bond acceptors (Lipinski definition) is 3. The molecule has 2 rings (SSSR count). The van der Waals surface area contributed by atoms with Crippen LogP contribution in [-0.2, 0) is 11.2 Å². The summed E-state index contributed by atoms with van der Waals surface area (Å²) in [6.07, 6.45) is 2.27. The van der Waals surface area contributed by atoms with Crippen LogP contribution in [0.4, 0.5) is 0 Å². The summed E-state index contributed by atoms with van der Waals surface area (Å²) in [5.74, 6) is -0.730. The van der Waals surface area contributed by atoms with Crippen molar-refractivity contribution in [3.8, 4) is 0 Å². The molecule has 1 aliphatic rings. The van der Waals surface area contributed by atoms with Crippen LogP contribution in [0.15, 0.2) is 30.3 Å². The van der Waals surface area contributed by atoms with Crippen LogP contribution in [0.1, 0.15) is 18.4 Å². The van der Waals surface area contributed by atoms with Crippen molar-refractivity contribution in [2.75, 3.05) is 19.6 Å². The van der Waals surface area contributed by atoms with E-state index in [1.165, 1.54) is 5.56 Å². The van der Waals surface area contributed by atoms with Gasteiger partial charge in [-0.1, -0.05) is 30.3 Å². The number of hydrogen-bond donors (Lipinski definition) is 3. The van der Waals surface area contributed by atoms with Gasteiger partial charge in [0.25, 0.3) is 0 Å². The predicted octanol–water partition coefficient (Wildman–Crippen LogP) is 1.03. The van der Waals surface area contributed by atoms with Crippen molar-refractivity contribution in [3.63, 3.8) is 0 Å². The molecule has 1 fully saturated rings. The molecule has 0 bridgehead atoms. The van der Waals surface area contributed by atoms with Crippen LogP contribution in [0.5, 0.6) is 0 Å². The minimum Gasteiger partial charge on any atom is -0.481 e. The van der Waals surface area contributed by atoms with Gasteiger partial charge in [0, 0.05) is 13.1 Å². The summed E-state index contributed by atoms with van der Waals surface area (Å²) in [5, 5.41) is 15.4. The normalized spacial score (nSPS) is 17.1. The second-order valence-electron chi connectivity index (χ2n) is 4.97. The van der Waals surface area contributed by atoms with Gasteiger partial charge in [-0.25, -0.2) is 0 Å². The van der Waals surface area contributed by atoms with Crippen LogP contribution in [0, 0.1) is 0 Å². The Balaban J connectivity index is 1.70. The van der Waals surface area contributed by atoms with Crippen LogP contribution < -0.4 is 10.6 Å². The van der Waals surface area contributed by atoms with Gasteiger partial charge in [0.1, 0.15) is 0 Å². The van der Waals surface area contributed by atoms with E-state index in [1.807, 2.05) is 18.2 Å². The third-order valence-corrected chi connectivity index (χ3v) is 3.40. The molecular formula is C14H20N2O2. The predicted molar refractivity (Wildman–Crippen MR) is 70.6 cm³/mol. The van der Waals surface area contributed by atoms with Crippen molar-refractivity contribution in [2.45, 2.75) is 24.8 Å². The van der Waals surface area contributed by atoms with Crippen molar-refractivity contribution >= 4 is 5.97 Å². The highest BCUT2D eigenvalue weighted by molar-refractivity contribution is 5.68. The van der Waals surface area contributed by atoms with E-state index in [9.17, 15) is 4.79 Å². The lowest BCUT2D eigenvalue weighted by Gasteiger charge is -2.42. The molecule has 0 aliphatic carbocycles. The van der Waals surface area contributed by atoms with Gasteiger partial charge in [-0.2, -0.15) is 0 Å². The van der Waals surface area contributed by atoms with Crippen LogP contribution in [0.2, 0.25) is 0 Å². The number of carboxylic acids is 1. The maximum absolute atomic E-state index is 10.8. The van der Waals surface area contributed by atoms with Crippen LogP contribution in [-0.4, -0.2) is 36.2 Å². The Morgan fingerprint density at radius 2 is 2.06 bits per heavy atom. The lowest BCUT2D eigenvalue weighted by Crippen LogP contribution is -2.68. The Labute approximate surface area is 107 Å². The molecule has 1 aliphatic heterocycles.